The number of rotatable bonds is 6. The molecule has 2 aliphatic heterocycles. The molecule has 1 aromatic heterocycles. The van der Waals surface area contributed by atoms with Crippen molar-refractivity contribution < 1.29 is 32.2 Å². The number of nitrogens with zero attached hydrogens (tertiary/aromatic N) is 3. The lowest BCUT2D eigenvalue weighted by Gasteiger charge is -2.38. The van der Waals surface area contributed by atoms with Gasteiger partial charge in [-0.15, -0.1) is 0 Å². The molecule has 1 aliphatic carbocycles. The Kier molecular flexibility index (Phi) is 5.93. The van der Waals surface area contributed by atoms with Crippen LogP contribution in [0.5, 0.6) is 17.5 Å². The Morgan fingerprint density at radius 1 is 1.21 bits per heavy atom. The third-order valence-electron chi connectivity index (χ3n) is 6.76. The van der Waals surface area contributed by atoms with E-state index in [0.717, 1.165) is 31.7 Å². The average Bonchev–Trinajstić information content (AvgIpc) is 3.44. The van der Waals surface area contributed by atoms with E-state index in [4.69, 9.17) is 14.2 Å². The van der Waals surface area contributed by atoms with Crippen LogP contribution in [0.2, 0.25) is 0 Å². The van der Waals surface area contributed by atoms with Crippen LogP contribution in [0.15, 0.2) is 29.4 Å². The first kappa shape index (κ1) is 23.0. The van der Waals surface area contributed by atoms with Crippen molar-refractivity contribution in [3.8, 4) is 17.5 Å². The summed E-state index contributed by atoms with van der Waals surface area (Å²) in [5.41, 5.74) is 0.193. The Morgan fingerprint density at radius 2 is 1.88 bits per heavy atom. The second-order valence-corrected chi connectivity index (χ2v) is 10.3. The largest absolute Gasteiger partial charge is 0.768 e. The number of hydrogen-bond acceptors (Lipinski definition) is 8. The maximum Gasteiger partial charge on any atom is 0.410 e. The van der Waals surface area contributed by atoms with Crippen LogP contribution in [0, 0.1) is 12.7 Å². The Labute approximate surface area is 198 Å². The summed E-state index contributed by atoms with van der Waals surface area (Å²) in [5, 5.41) is 0. The van der Waals surface area contributed by atoms with Crippen LogP contribution in [-0.2, 0) is 15.8 Å². The summed E-state index contributed by atoms with van der Waals surface area (Å²) in [7, 11) is 0. The van der Waals surface area contributed by atoms with Crippen molar-refractivity contribution in [3.63, 3.8) is 0 Å². The third-order valence-corrected chi connectivity index (χ3v) is 7.40. The number of ether oxygens (including phenoxy) is 3. The van der Waals surface area contributed by atoms with Crippen LogP contribution in [-0.4, -0.2) is 53.5 Å². The predicted octanol–water partition coefficient (Wildman–Crippen LogP) is 4.02. The molecule has 0 N–H and O–H groups in total. The van der Waals surface area contributed by atoms with Gasteiger partial charge in [-0.1, -0.05) is 0 Å². The summed E-state index contributed by atoms with van der Waals surface area (Å²) < 4.78 is 53.8. The molecule has 2 saturated heterocycles. The molecule has 0 spiro atoms. The van der Waals surface area contributed by atoms with Crippen LogP contribution >= 0.6 is 0 Å². The van der Waals surface area contributed by atoms with E-state index in [9.17, 15) is 17.9 Å². The standard InChI is InChI=1S/C23H26FN3O6S/c1-13-20(25-12-26-21(13)32-19-6-5-17(34(29)30)11-18(19)24)31-16-9-14-3-4-15(10-16)27(14)22(28)33-23(2)7-8-23/h5-6,11-12,14-16H,3-4,7-10H2,1-2H3,(H,29,30)/p-1/t14-,15-/m0/s1. The van der Waals surface area contributed by atoms with E-state index in [-0.39, 0.29) is 46.4 Å². The van der Waals surface area contributed by atoms with Gasteiger partial charge in [0.1, 0.15) is 18.0 Å². The molecule has 3 fully saturated rings. The fraction of sp³-hybridized carbons (Fsp3) is 0.522. The van der Waals surface area contributed by atoms with Crippen molar-refractivity contribution in [3.05, 3.63) is 35.9 Å². The molecule has 1 unspecified atom stereocenters. The summed E-state index contributed by atoms with van der Waals surface area (Å²) in [5.74, 6) is -0.538. The number of amides is 1. The van der Waals surface area contributed by atoms with Crippen molar-refractivity contribution in [1.29, 1.82) is 0 Å². The molecule has 11 heteroatoms. The fourth-order valence-corrected chi connectivity index (χ4v) is 5.01. The summed E-state index contributed by atoms with van der Waals surface area (Å²) in [6.45, 7) is 3.67. The van der Waals surface area contributed by atoms with E-state index in [2.05, 4.69) is 9.97 Å². The number of carbonyl (C=O) groups excluding carboxylic acids is 1. The lowest BCUT2D eigenvalue weighted by Crippen LogP contribution is -2.50. The zero-order valence-corrected chi connectivity index (χ0v) is 19.7. The van der Waals surface area contributed by atoms with E-state index in [0.29, 0.717) is 24.3 Å². The number of hydrogen-bond donors (Lipinski definition) is 0. The van der Waals surface area contributed by atoms with Gasteiger partial charge in [0, 0.05) is 29.8 Å². The Morgan fingerprint density at radius 3 is 2.50 bits per heavy atom. The van der Waals surface area contributed by atoms with Crippen LogP contribution < -0.4 is 9.47 Å². The quantitative estimate of drug-likeness (QED) is 0.558. The molecule has 3 heterocycles. The molecule has 9 nitrogen and oxygen atoms in total. The van der Waals surface area contributed by atoms with Crippen molar-refractivity contribution in [2.75, 3.05) is 0 Å². The van der Waals surface area contributed by atoms with E-state index < -0.39 is 16.9 Å². The van der Waals surface area contributed by atoms with Crippen LogP contribution in [0.3, 0.4) is 0 Å². The number of benzene rings is 1. The molecule has 1 saturated carbocycles. The minimum atomic E-state index is -2.54. The van der Waals surface area contributed by atoms with Crippen molar-refractivity contribution in [2.24, 2.45) is 0 Å². The van der Waals surface area contributed by atoms with Crippen molar-refractivity contribution in [1.82, 2.24) is 14.9 Å². The monoisotopic (exact) mass is 490 g/mol. The van der Waals surface area contributed by atoms with Gasteiger partial charge in [-0.3, -0.25) is 4.21 Å². The van der Waals surface area contributed by atoms with Gasteiger partial charge in [0.15, 0.2) is 11.6 Å². The highest BCUT2D eigenvalue weighted by Crippen LogP contribution is 2.43. The average molecular weight is 491 g/mol. The number of halogens is 1. The van der Waals surface area contributed by atoms with Gasteiger partial charge in [0.25, 0.3) is 0 Å². The SMILES string of the molecule is Cc1c(Oc2ccc(S(=O)[O-])cc2F)ncnc1OC1C[C@@H]2CC[C@@H](C1)N2C(=O)OC1(C)CC1. The van der Waals surface area contributed by atoms with E-state index >= 15 is 0 Å². The minimum Gasteiger partial charge on any atom is -0.768 e. The third kappa shape index (κ3) is 4.58. The number of aromatic nitrogens is 2. The van der Waals surface area contributed by atoms with Crippen LogP contribution in [0.4, 0.5) is 9.18 Å². The molecule has 3 aliphatic rings. The molecular weight excluding hydrogens is 465 g/mol. The first-order valence-electron chi connectivity index (χ1n) is 11.3. The summed E-state index contributed by atoms with van der Waals surface area (Å²) in [4.78, 5) is 22.7. The Hall–Kier alpha value is -2.79. The maximum absolute atomic E-state index is 14.3. The lowest BCUT2D eigenvalue weighted by atomic mass is 10.0. The van der Waals surface area contributed by atoms with Gasteiger partial charge in [-0.05, 0) is 68.8 Å². The van der Waals surface area contributed by atoms with Crippen molar-refractivity contribution >= 4 is 17.2 Å². The molecule has 0 radical (unpaired) electrons. The lowest BCUT2D eigenvalue weighted by molar-refractivity contribution is 0.0114. The zero-order chi connectivity index (χ0) is 24.0. The fourth-order valence-electron chi connectivity index (χ4n) is 4.63. The minimum absolute atomic E-state index is 0.0654. The van der Waals surface area contributed by atoms with Gasteiger partial charge in [-0.25, -0.2) is 19.2 Å². The van der Waals surface area contributed by atoms with Gasteiger partial charge in [-0.2, -0.15) is 0 Å². The number of fused-ring (bicyclic) bond motifs is 2. The van der Waals surface area contributed by atoms with Crippen LogP contribution in [0.25, 0.3) is 0 Å². The highest BCUT2D eigenvalue weighted by molar-refractivity contribution is 7.79. The molecule has 2 bridgehead atoms. The highest BCUT2D eigenvalue weighted by Gasteiger charge is 2.49. The second-order valence-electron chi connectivity index (χ2n) is 9.36. The smallest absolute Gasteiger partial charge is 0.410 e. The van der Waals surface area contributed by atoms with Gasteiger partial charge < -0.3 is 23.7 Å². The molecule has 1 amide bonds. The second kappa shape index (κ2) is 8.77. The molecule has 2 aromatic rings. The summed E-state index contributed by atoms with van der Waals surface area (Å²) in [6.07, 6.45) is 5.90. The normalized spacial score (nSPS) is 25.5. The van der Waals surface area contributed by atoms with E-state index in [1.165, 1.54) is 18.5 Å². The zero-order valence-electron chi connectivity index (χ0n) is 18.9. The summed E-state index contributed by atoms with van der Waals surface area (Å²) >= 11 is -2.54. The van der Waals surface area contributed by atoms with E-state index in [1.54, 1.807) is 6.92 Å². The molecule has 182 valence electrons. The molecule has 34 heavy (non-hydrogen) atoms. The van der Waals surface area contributed by atoms with Crippen molar-refractivity contribution in [2.45, 2.75) is 81.1 Å². The molecule has 1 aromatic carbocycles. The molecule has 3 atom stereocenters. The summed E-state index contributed by atoms with van der Waals surface area (Å²) in [6, 6.07) is 3.49. The first-order chi connectivity index (χ1) is 16.2. The van der Waals surface area contributed by atoms with Gasteiger partial charge in [0.05, 0.1) is 5.56 Å². The topological polar surface area (TPSA) is 114 Å². The van der Waals surface area contributed by atoms with Gasteiger partial charge in [0.2, 0.25) is 11.8 Å². The maximum atomic E-state index is 14.3. The molecular formula is C23H25FN3O6S-. The molecule has 5 rings (SSSR count). The first-order valence-corrected chi connectivity index (χ1v) is 12.4. The van der Waals surface area contributed by atoms with Crippen LogP contribution in [0.1, 0.15) is 51.0 Å². The predicted molar refractivity (Wildman–Crippen MR) is 117 cm³/mol. The Bertz CT molecular complexity index is 1130. The van der Waals surface area contributed by atoms with E-state index in [1.807, 2.05) is 11.8 Å². The Balaban J connectivity index is 1.26. The van der Waals surface area contributed by atoms with Gasteiger partial charge >= 0.3 is 6.09 Å². The number of piperidine rings is 1. The highest BCUT2D eigenvalue weighted by atomic mass is 32.2. The number of carbonyl (C=O) groups is 1.